The lowest BCUT2D eigenvalue weighted by atomic mass is 10.1. The van der Waals surface area contributed by atoms with Gasteiger partial charge in [0.2, 0.25) is 5.88 Å². The third-order valence-corrected chi connectivity index (χ3v) is 6.32. The zero-order valence-electron chi connectivity index (χ0n) is 21.9. The molecule has 0 aliphatic rings. The van der Waals surface area contributed by atoms with Gasteiger partial charge in [-0.25, -0.2) is 19.4 Å². The highest BCUT2D eigenvalue weighted by Crippen LogP contribution is 2.36. The van der Waals surface area contributed by atoms with E-state index >= 15 is 0 Å². The highest BCUT2D eigenvalue weighted by Gasteiger charge is 2.41. The summed E-state index contributed by atoms with van der Waals surface area (Å²) in [4.78, 5) is 19.3. The van der Waals surface area contributed by atoms with Crippen LogP contribution in [0.25, 0.3) is 17.1 Å². The summed E-state index contributed by atoms with van der Waals surface area (Å²) >= 11 is 5.89. The molecule has 5 aromatic rings. The molecule has 3 aromatic heterocycles. The Hall–Kier alpha value is -5.11. The molecule has 226 valence electrons. The monoisotopic (exact) mass is 634 g/mol. The van der Waals surface area contributed by atoms with Crippen molar-refractivity contribution in [1.82, 2.24) is 19.7 Å². The molecule has 0 fully saturated rings. The molecule has 0 radical (unpaired) electrons. The SMILES string of the molecule is O=C(O)c1cnn(-c2cccc(-c3ccccc3OCc3ccc(Oc4ncc(C(F)(F)F)cc4Cl)cc3)n2)c1C(F)(F)F. The lowest BCUT2D eigenvalue weighted by molar-refractivity contribution is -0.143. The van der Waals surface area contributed by atoms with Crippen molar-refractivity contribution < 1.29 is 45.7 Å². The molecule has 0 aliphatic heterocycles. The Labute approximate surface area is 249 Å². The van der Waals surface area contributed by atoms with Gasteiger partial charge in [-0.2, -0.15) is 31.4 Å². The van der Waals surface area contributed by atoms with E-state index in [1.807, 2.05) is 0 Å². The van der Waals surface area contributed by atoms with Crippen molar-refractivity contribution in [3.8, 4) is 34.5 Å². The summed E-state index contributed by atoms with van der Waals surface area (Å²) in [6.07, 6.45) is -8.38. The molecule has 0 aliphatic carbocycles. The molecule has 0 unspecified atom stereocenters. The summed E-state index contributed by atoms with van der Waals surface area (Å²) < 4.78 is 91.5. The normalized spacial score (nSPS) is 11.8. The van der Waals surface area contributed by atoms with Crippen LogP contribution < -0.4 is 9.47 Å². The second-order valence-electron chi connectivity index (χ2n) is 9.04. The van der Waals surface area contributed by atoms with Gasteiger partial charge < -0.3 is 14.6 Å². The van der Waals surface area contributed by atoms with Gasteiger partial charge in [-0.1, -0.05) is 41.9 Å². The van der Waals surface area contributed by atoms with Crippen molar-refractivity contribution in [3.63, 3.8) is 0 Å². The molecule has 0 saturated heterocycles. The number of carboxylic acid groups (broad SMARTS) is 1. The predicted molar refractivity (Wildman–Crippen MR) is 144 cm³/mol. The van der Waals surface area contributed by atoms with Gasteiger partial charge in [0.1, 0.15) is 28.7 Å². The first-order valence-corrected chi connectivity index (χ1v) is 12.8. The quantitative estimate of drug-likeness (QED) is 0.172. The number of ether oxygens (including phenoxy) is 2. The maximum absolute atomic E-state index is 13.7. The summed E-state index contributed by atoms with van der Waals surface area (Å²) in [6.45, 7) is 0.0512. The molecule has 0 saturated carbocycles. The Kier molecular flexibility index (Phi) is 8.19. The Morgan fingerprint density at radius 3 is 2.30 bits per heavy atom. The lowest BCUT2D eigenvalue weighted by Gasteiger charge is -2.14. The van der Waals surface area contributed by atoms with Crippen molar-refractivity contribution in [2.75, 3.05) is 0 Å². The number of carboxylic acids is 1. The van der Waals surface area contributed by atoms with Crippen LogP contribution >= 0.6 is 11.6 Å². The fourth-order valence-corrected chi connectivity index (χ4v) is 4.23. The van der Waals surface area contributed by atoms with Gasteiger partial charge in [0, 0.05) is 11.8 Å². The van der Waals surface area contributed by atoms with Gasteiger partial charge >= 0.3 is 18.3 Å². The molecule has 0 bridgehead atoms. The van der Waals surface area contributed by atoms with E-state index in [0.717, 1.165) is 0 Å². The highest BCUT2D eigenvalue weighted by atomic mass is 35.5. The minimum absolute atomic E-state index is 0.0512. The van der Waals surface area contributed by atoms with E-state index < -0.39 is 35.1 Å². The molecule has 15 heteroatoms. The van der Waals surface area contributed by atoms with Crippen LogP contribution in [-0.2, 0) is 19.0 Å². The highest BCUT2D eigenvalue weighted by molar-refractivity contribution is 6.31. The number of pyridine rings is 2. The molecule has 2 aromatic carbocycles. The molecule has 0 spiro atoms. The van der Waals surface area contributed by atoms with E-state index in [2.05, 4.69) is 15.1 Å². The van der Waals surface area contributed by atoms with E-state index in [-0.39, 0.29) is 34.8 Å². The van der Waals surface area contributed by atoms with E-state index in [1.165, 1.54) is 12.1 Å². The number of rotatable bonds is 8. The largest absolute Gasteiger partial charge is 0.488 e. The van der Waals surface area contributed by atoms with Gasteiger partial charge in [-0.15, -0.1) is 0 Å². The number of alkyl halides is 6. The predicted octanol–water partition coefficient (Wildman–Crippen LogP) is 8.09. The van der Waals surface area contributed by atoms with Gasteiger partial charge in [0.05, 0.1) is 17.5 Å². The minimum atomic E-state index is -5.01. The topological polar surface area (TPSA) is 99.4 Å². The second kappa shape index (κ2) is 11.9. The van der Waals surface area contributed by atoms with Gasteiger partial charge in [-0.05, 0) is 48.0 Å². The van der Waals surface area contributed by atoms with Crippen molar-refractivity contribution in [2.24, 2.45) is 0 Å². The first kappa shape index (κ1) is 30.4. The van der Waals surface area contributed by atoms with Crippen LogP contribution in [0.3, 0.4) is 0 Å². The van der Waals surface area contributed by atoms with Crippen LogP contribution in [0.2, 0.25) is 5.02 Å². The number of halogens is 7. The van der Waals surface area contributed by atoms with Crippen molar-refractivity contribution in [1.29, 1.82) is 0 Å². The lowest BCUT2D eigenvalue weighted by Crippen LogP contribution is -2.18. The number of hydrogen-bond acceptors (Lipinski definition) is 6. The first-order chi connectivity index (χ1) is 20.8. The molecule has 44 heavy (non-hydrogen) atoms. The number of aromatic nitrogens is 4. The fourth-order valence-electron chi connectivity index (χ4n) is 4.03. The van der Waals surface area contributed by atoms with Crippen molar-refractivity contribution in [2.45, 2.75) is 19.0 Å². The molecular weight excluding hydrogens is 618 g/mol. The van der Waals surface area contributed by atoms with E-state index in [1.54, 1.807) is 54.6 Å². The number of nitrogens with zero attached hydrogens (tertiary/aromatic N) is 4. The number of para-hydroxylation sites is 1. The minimum Gasteiger partial charge on any atom is -0.488 e. The number of hydrogen-bond donors (Lipinski definition) is 1. The van der Waals surface area contributed by atoms with Crippen LogP contribution in [0.5, 0.6) is 17.4 Å². The molecule has 0 amide bonds. The van der Waals surface area contributed by atoms with Gasteiger partial charge in [0.25, 0.3) is 0 Å². The third-order valence-electron chi connectivity index (χ3n) is 6.05. The summed E-state index contributed by atoms with van der Waals surface area (Å²) in [6, 6.07) is 18.0. The maximum atomic E-state index is 13.7. The van der Waals surface area contributed by atoms with Crippen LogP contribution in [0.15, 0.2) is 85.2 Å². The summed E-state index contributed by atoms with van der Waals surface area (Å²) in [5.74, 6) is -1.63. The average Bonchev–Trinajstić information content (AvgIpc) is 3.45. The zero-order chi connectivity index (χ0) is 31.6. The van der Waals surface area contributed by atoms with E-state index in [9.17, 15) is 36.2 Å². The zero-order valence-corrected chi connectivity index (χ0v) is 22.7. The van der Waals surface area contributed by atoms with Crippen molar-refractivity contribution >= 4 is 17.6 Å². The van der Waals surface area contributed by atoms with E-state index in [4.69, 9.17) is 21.1 Å². The summed E-state index contributed by atoms with van der Waals surface area (Å²) in [7, 11) is 0. The molecule has 0 atom stereocenters. The number of aromatic carboxylic acids is 1. The van der Waals surface area contributed by atoms with Crippen LogP contribution in [0.4, 0.5) is 26.3 Å². The molecule has 1 N–H and O–H groups in total. The van der Waals surface area contributed by atoms with Gasteiger partial charge in [-0.3, -0.25) is 0 Å². The molecular formula is C29H17ClF6N4O4. The first-order valence-electron chi connectivity index (χ1n) is 12.4. The smallest absolute Gasteiger partial charge is 0.434 e. The maximum Gasteiger partial charge on any atom is 0.434 e. The Bertz CT molecular complexity index is 1820. The third kappa shape index (κ3) is 6.59. The second-order valence-corrected chi connectivity index (χ2v) is 9.45. The summed E-state index contributed by atoms with van der Waals surface area (Å²) in [5.41, 5.74) is -2.14. The molecule has 5 rings (SSSR count). The van der Waals surface area contributed by atoms with Crippen LogP contribution in [-0.4, -0.2) is 30.8 Å². The number of carbonyl (C=O) groups is 1. The van der Waals surface area contributed by atoms with E-state index in [0.29, 0.717) is 40.0 Å². The van der Waals surface area contributed by atoms with Gasteiger partial charge in [0.15, 0.2) is 11.5 Å². The molecule has 3 heterocycles. The van der Waals surface area contributed by atoms with Crippen LogP contribution in [0, 0.1) is 0 Å². The fraction of sp³-hybridized carbons (Fsp3) is 0.103. The molecule has 8 nitrogen and oxygen atoms in total. The van der Waals surface area contributed by atoms with Crippen molar-refractivity contribution in [3.05, 3.63) is 113 Å². The summed E-state index contributed by atoms with van der Waals surface area (Å²) in [5, 5.41) is 12.5. The Morgan fingerprint density at radius 1 is 0.909 bits per heavy atom. The standard InChI is InChI=1S/C29H17ClF6N4O4/c30-21-12-17(28(31,32)33)13-37-26(21)44-18-10-8-16(9-11-18)15-43-23-6-2-1-4-19(23)22-5-3-7-24(39-22)40-25(29(34,35)36)20(14-38-40)27(41)42/h1-14H,15H2,(H,41,42). The number of benzene rings is 2. The Balaban J connectivity index is 1.33. The van der Waals surface area contributed by atoms with Crippen LogP contribution in [0.1, 0.15) is 27.2 Å². The Morgan fingerprint density at radius 2 is 1.64 bits per heavy atom. The average molecular weight is 635 g/mol.